The molecule has 3 aromatic rings. The summed E-state index contributed by atoms with van der Waals surface area (Å²) >= 11 is 0. The third kappa shape index (κ3) is 3.98. The average molecular weight is 367 g/mol. The number of aromatic nitrogens is 4. The molecule has 0 aliphatic carbocycles. The first-order chi connectivity index (χ1) is 13.2. The highest BCUT2D eigenvalue weighted by Gasteiger charge is 2.26. The number of likely N-dealkylation sites (tertiary alicyclic amines) is 1. The van der Waals surface area contributed by atoms with Crippen LogP contribution in [0.3, 0.4) is 0 Å². The minimum Gasteiger partial charge on any atom is -0.434 e. The summed E-state index contributed by atoms with van der Waals surface area (Å²) in [6.45, 7) is 2.74. The highest BCUT2D eigenvalue weighted by atomic mass is 19.1. The number of nitrogens with zero attached hydrogens (tertiary/aromatic N) is 5. The van der Waals surface area contributed by atoms with E-state index in [-0.39, 0.29) is 11.7 Å². The van der Waals surface area contributed by atoms with E-state index < -0.39 is 5.82 Å². The van der Waals surface area contributed by atoms with E-state index in [9.17, 15) is 4.39 Å². The van der Waals surface area contributed by atoms with Crippen LogP contribution in [0.15, 0.2) is 49.2 Å². The summed E-state index contributed by atoms with van der Waals surface area (Å²) in [5, 5.41) is 0. The number of halogens is 1. The van der Waals surface area contributed by atoms with Crippen LogP contribution in [0.1, 0.15) is 30.1 Å². The Labute approximate surface area is 157 Å². The largest absolute Gasteiger partial charge is 0.434 e. The second kappa shape index (κ2) is 7.84. The molecule has 0 saturated carbocycles. The highest BCUT2D eigenvalue weighted by Crippen LogP contribution is 2.33. The number of ether oxygens (including phenoxy) is 1. The minimum absolute atomic E-state index is 0.168. The van der Waals surface area contributed by atoms with Gasteiger partial charge < -0.3 is 9.30 Å². The van der Waals surface area contributed by atoms with E-state index in [0.717, 1.165) is 38.2 Å². The normalized spacial score (nSPS) is 17.8. The fraction of sp³-hybridized carbons (Fsp3) is 0.350. The van der Waals surface area contributed by atoms with Gasteiger partial charge in [0, 0.05) is 44.6 Å². The van der Waals surface area contributed by atoms with E-state index in [1.54, 1.807) is 30.6 Å². The molecule has 0 spiro atoms. The summed E-state index contributed by atoms with van der Waals surface area (Å²) in [6, 6.07) is 6.35. The van der Waals surface area contributed by atoms with E-state index in [0.29, 0.717) is 5.88 Å². The molecule has 1 aliphatic rings. The Morgan fingerprint density at radius 1 is 1.22 bits per heavy atom. The molecule has 1 fully saturated rings. The Balaban J connectivity index is 1.52. The maximum atomic E-state index is 14.0. The maximum absolute atomic E-state index is 14.0. The monoisotopic (exact) mass is 367 g/mol. The van der Waals surface area contributed by atoms with Crippen LogP contribution in [0.4, 0.5) is 4.39 Å². The first kappa shape index (κ1) is 17.6. The van der Waals surface area contributed by atoms with Crippen LogP contribution in [-0.2, 0) is 13.6 Å². The lowest BCUT2D eigenvalue weighted by molar-refractivity contribution is 0.193. The molecule has 0 radical (unpaired) electrons. The number of hydrogen-bond acceptors (Lipinski definition) is 5. The van der Waals surface area contributed by atoms with Crippen molar-refractivity contribution >= 4 is 0 Å². The highest BCUT2D eigenvalue weighted by molar-refractivity contribution is 5.32. The number of benzene rings is 1. The molecule has 4 rings (SSSR count). The van der Waals surface area contributed by atoms with E-state index in [1.807, 2.05) is 24.1 Å². The third-order valence-corrected chi connectivity index (χ3v) is 4.93. The predicted molar refractivity (Wildman–Crippen MR) is 99.0 cm³/mol. The van der Waals surface area contributed by atoms with Gasteiger partial charge in [-0.05, 0) is 31.5 Å². The van der Waals surface area contributed by atoms with E-state index in [1.165, 1.54) is 11.8 Å². The summed E-state index contributed by atoms with van der Waals surface area (Å²) in [5.74, 6) is 0.342. The van der Waals surface area contributed by atoms with Gasteiger partial charge in [-0.2, -0.15) is 0 Å². The molecule has 1 aliphatic heterocycles. The second-order valence-electron chi connectivity index (χ2n) is 6.85. The molecule has 3 heterocycles. The van der Waals surface area contributed by atoms with E-state index in [2.05, 4.69) is 19.9 Å². The quantitative estimate of drug-likeness (QED) is 0.691. The third-order valence-electron chi connectivity index (χ3n) is 4.93. The van der Waals surface area contributed by atoms with Crippen molar-refractivity contribution in [2.24, 2.45) is 7.05 Å². The van der Waals surface area contributed by atoms with Crippen LogP contribution in [0.2, 0.25) is 0 Å². The fourth-order valence-corrected chi connectivity index (χ4v) is 3.51. The van der Waals surface area contributed by atoms with E-state index in [4.69, 9.17) is 4.74 Å². The number of imidazole rings is 1. The first-order valence-corrected chi connectivity index (χ1v) is 9.11. The van der Waals surface area contributed by atoms with E-state index >= 15 is 0 Å². The average Bonchev–Trinajstić information content (AvgIpc) is 3.09. The smallest absolute Gasteiger partial charge is 0.241 e. The molecule has 0 amide bonds. The predicted octanol–water partition coefficient (Wildman–Crippen LogP) is 3.52. The molecule has 2 aromatic heterocycles. The van der Waals surface area contributed by atoms with Gasteiger partial charge in [0.2, 0.25) is 5.88 Å². The summed E-state index contributed by atoms with van der Waals surface area (Å²) in [6.07, 6.45) is 9.05. The minimum atomic E-state index is -0.407. The number of piperidine rings is 1. The molecule has 27 heavy (non-hydrogen) atoms. The van der Waals surface area contributed by atoms with Crippen molar-refractivity contribution in [2.75, 3.05) is 13.1 Å². The molecular formula is C20H22FN5O. The van der Waals surface area contributed by atoms with Gasteiger partial charge in [-0.25, -0.2) is 14.4 Å². The maximum Gasteiger partial charge on any atom is 0.241 e. The zero-order chi connectivity index (χ0) is 18.6. The lowest BCUT2D eigenvalue weighted by Crippen LogP contribution is -2.34. The van der Waals surface area contributed by atoms with Crippen molar-refractivity contribution in [1.29, 1.82) is 0 Å². The summed E-state index contributed by atoms with van der Waals surface area (Å²) in [5.41, 5.74) is 1.97. The van der Waals surface area contributed by atoms with Crippen molar-refractivity contribution in [1.82, 2.24) is 24.4 Å². The van der Waals surface area contributed by atoms with Crippen LogP contribution in [0.5, 0.6) is 11.6 Å². The molecule has 1 aromatic carbocycles. The van der Waals surface area contributed by atoms with Crippen LogP contribution in [0.25, 0.3) is 0 Å². The van der Waals surface area contributed by atoms with Crippen LogP contribution in [-0.4, -0.2) is 37.5 Å². The molecule has 6 nitrogen and oxygen atoms in total. The van der Waals surface area contributed by atoms with Crippen molar-refractivity contribution < 1.29 is 9.13 Å². The van der Waals surface area contributed by atoms with Crippen LogP contribution < -0.4 is 4.74 Å². The van der Waals surface area contributed by atoms with Crippen molar-refractivity contribution in [3.05, 3.63) is 66.4 Å². The summed E-state index contributed by atoms with van der Waals surface area (Å²) in [4.78, 5) is 15.4. The van der Waals surface area contributed by atoms with Gasteiger partial charge in [-0.15, -0.1) is 0 Å². The summed E-state index contributed by atoms with van der Waals surface area (Å²) < 4.78 is 21.8. The Morgan fingerprint density at radius 2 is 2.07 bits per heavy atom. The molecule has 1 atom stereocenters. The molecule has 7 heteroatoms. The Bertz CT molecular complexity index is 913. The zero-order valence-electron chi connectivity index (χ0n) is 15.3. The summed E-state index contributed by atoms with van der Waals surface area (Å²) in [7, 11) is 2.01. The fourth-order valence-electron chi connectivity index (χ4n) is 3.51. The van der Waals surface area contributed by atoms with Gasteiger partial charge in [0.05, 0.1) is 12.0 Å². The second-order valence-corrected chi connectivity index (χ2v) is 6.85. The number of rotatable bonds is 5. The van der Waals surface area contributed by atoms with Crippen molar-refractivity contribution in [3.8, 4) is 11.6 Å². The van der Waals surface area contributed by atoms with Gasteiger partial charge in [0.1, 0.15) is 5.69 Å². The van der Waals surface area contributed by atoms with Gasteiger partial charge in [0.15, 0.2) is 11.6 Å². The van der Waals surface area contributed by atoms with Crippen molar-refractivity contribution in [3.63, 3.8) is 0 Å². The molecule has 140 valence electrons. The van der Waals surface area contributed by atoms with Gasteiger partial charge in [0.25, 0.3) is 0 Å². The molecule has 0 N–H and O–H groups in total. The lowest BCUT2D eigenvalue weighted by atomic mass is 9.94. The van der Waals surface area contributed by atoms with Gasteiger partial charge >= 0.3 is 0 Å². The topological polar surface area (TPSA) is 56.1 Å². The molecule has 1 unspecified atom stereocenters. The Hall–Kier alpha value is -2.80. The lowest BCUT2D eigenvalue weighted by Gasteiger charge is -2.32. The molecule has 0 bridgehead atoms. The van der Waals surface area contributed by atoms with Crippen LogP contribution >= 0.6 is 0 Å². The molecule has 1 saturated heterocycles. The Morgan fingerprint density at radius 3 is 2.89 bits per heavy atom. The number of hydrogen-bond donors (Lipinski definition) is 0. The van der Waals surface area contributed by atoms with Gasteiger partial charge in [-0.1, -0.05) is 12.1 Å². The van der Waals surface area contributed by atoms with Crippen molar-refractivity contribution in [2.45, 2.75) is 25.3 Å². The first-order valence-electron chi connectivity index (χ1n) is 9.11. The van der Waals surface area contributed by atoms with Crippen LogP contribution in [0, 0.1) is 5.82 Å². The number of aryl methyl sites for hydroxylation is 1. The molecular weight excluding hydrogens is 345 g/mol. The van der Waals surface area contributed by atoms with Gasteiger partial charge in [-0.3, -0.25) is 9.88 Å². The zero-order valence-corrected chi connectivity index (χ0v) is 15.3. The Kier molecular flexibility index (Phi) is 5.11. The SMILES string of the molecule is Cn1cncc1CN1CCCC(c2nccnc2Oc2ccccc2F)C1. The number of para-hydroxylation sites is 1. The standard InChI is InChI=1S/C20H22FN5O/c1-25-14-22-11-16(25)13-26-10-4-5-15(12-26)19-20(24-9-8-23-19)27-18-7-3-2-6-17(18)21/h2-3,6-9,11,14-15H,4-5,10,12-13H2,1H3.